The topological polar surface area (TPSA) is 110 Å². The number of carbonyl (C=O) groups is 1. The summed E-state index contributed by atoms with van der Waals surface area (Å²) in [5.74, 6) is -0.231. The van der Waals surface area contributed by atoms with E-state index < -0.39 is 11.6 Å². The Morgan fingerprint density at radius 3 is 2.36 bits per heavy atom. The summed E-state index contributed by atoms with van der Waals surface area (Å²) in [6, 6.07) is 12.4. The van der Waals surface area contributed by atoms with E-state index in [4.69, 9.17) is 14.3 Å². The van der Waals surface area contributed by atoms with Crippen molar-refractivity contribution in [2.24, 2.45) is 0 Å². The highest BCUT2D eigenvalue weighted by Gasteiger charge is 2.48. The number of pyridine rings is 1. The van der Waals surface area contributed by atoms with Crippen LogP contribution >= 0.6 is 0 Å². The number of nitrogens with one attached hydrogen (secondary N) is 1. The van der Waals surface area contributed by atoms with Crippen molar-refractivity contribution >= 4 is 23.2 Å². The molecule has 1 saturated carbocycles. The second-order valence-electron chi connectivity index (χ2n) is 9.77. The molecule has 0 unspecified atom stereocenters. The average molecular weight is 447 g/mol. The quantitative estimate of drug-likeness (QED) is 0.546. The Morgan fingerprint density at radius 2 is 1.82 bits per heavy atom. The van der Waals surface area contributed by atoms with Crippen LogP contribution in [0.2, 0.25) is 0 Å². The zero-order valence-corrected chi connectivity index (χ0v) is 18.9. The number of aromatic nitrogens is 3. The van der Waals surface area contributed by atoms with E-state index in [1.807, 2.05) is 45.0 Å². The first-order chi connectivity index (χ1) is 15.7. The first kappa shape index (κ1) is 21.3. The summed E-state index contributed by atoms with van der Waals surface area (Å²) < 4.78 is 11.6. The highest BCUT2D eigenvalue weighted by Crippen LogP contribution is 2.50. The van der Waals surface area contributed by atoms with Crippen LogP contribution in [0.25, 0.3) is 16.8 Å². The van der Waals surface area contributed by atoms with E-state index in [2.05, 4.69) is 32.6 Å². The Kier molecular flexibility index (Phi) is 5.05. The summed E-state index contributed by atoms with van der Waals surface area (Å²) in [6.07, 6.45) is 3.23. The first-order valence-corrected chi connectivity index (χ1v) is 11.0. The van der Waals surface area contributed by atoms with Crippen LogP contribution in [0.4, 0.5) is 11.7 Å². The van der Waals surface area contributed by atoms with Crippen LogP contribution in [0.1, 0.15) is 51.5 Å². The van der Waals surface area contributed by atoms with Gasteiger partial charge in [0, 0.05) is 11.0 Å². The number of ether oxygens (including phenoxy) is 1. The number of carboxylic acid groups (broad SMARTS) is 1. The molecule has 0 amide bonds. The maximum atomic E-state index is 11.1. The third-order valence-corrected chi connectivity index (χ3v) is 6.10. The molecule has 2 bridgehead atoms. The van der Waals surface area contributed by atoms with Crippen LogP contribution in [0.5, 0.6) is 0 Å². The average Bonchev–Trinajstić information content (AvgIpc) is 3.23. The smallest absolute Gasteiger partial charge is 0.320 e. The van der Waals surface area contributed by atoms with Gasteiger partial charge in [-0.1, -0.05) is 55.7 Å². The lowest BCUT2D eigenvalue weighted by Gasteiger charge is -2.48. The predicted molar refractivity (Wildman–Crippen MR) is 123 cm³/mol. The molecular formula is C25H26N4O4. The highest BCUT2D eigenvalue weighted by molar-refractivity contribution is 5.76. The van der Waals surface area contributed by atoms with E-state index >= 15 is 0 Å². The minimum absolute atomic E-state index is 0.0729. The van der Waals surface area contributed by atoms with Gasteiger partial charge < -0.3 is 19.6 Å². The zero-order valence-electron chi connectivity index (χ0n) is 18.9. The number of nitrogens with zero attached hydrogens (tertiary/aromatic N) is 3. The SMILES string of the molecule is CC(C)(C)c1nnc(Nc2ccc(-c3ccc(C4=C5CC(CC(=O)O)(C5)OC4)cc3)nc2)o1. The number of hydrogen-bond donors (Lipinski definition) is 2. The van der Waals surface area contributed by atoms with Crippen molar-refractivity contribution < 1.29 is 19.1 Å². The Hall–Kier alpha value is -3.52. The molecule has 33 heavy (non-hydrogen) atoms. The van der Waals surface area contributed by atoms with E-state index in [1.165, 1.54) is 11.1 Å². The van der Waals surface area contributed by atoms with Crippen LogP contribution in [-0.4, -0.2) is 38.5 Å². The normalized spacial score (nSPS) is 16.9. The third-order valence-electron chi connectivity index (χ3n) is 6.10. The van der Waals surface area contributed by atoms with Gasteiger partial charge in [0.1, 0.15) is 0 Å². The molecule has 170 valence electrons. The number of hydrogen-bond acceptors (Lipinski definition) is 7. The Balaban J connectivity index is 1.26. The second kappa shape index (κ2) is 7.81. The van der Waals surface area contributed by atoms with Gasteiger partial charge in [-0.05, 0) is 36.1 Å². The molecule has 0 saturated heterocycles. The number of aliphatic carboxylic acids is 1. The van der Waals surface area contributed by atoms with Gasteiger partial charge in [0.25, 0.3) is 0 Å². The van der Waals surface area contributed by atoms with Crippen LogP contribution < -0.4 is 5.32 Å². The predicted octanol–water partition coefficient (Wildman–Crippen LogP) is 4.96. The molecule has 0 atom stereocenters. The van der Waals surface area contributed by atoms with E-state index in [0.29, 0.717) is 31.4 Å². The number of anilines is 2. The molecule has 8 nitrogen and oxygen atoms in total. The minimum atomic E-state index is -0.803. The zero-order chi connectivity index (χ0) is 23.2. The molecule has 8 heteroatoms. The fourth-order valence-corrected chi connectivity index (χ4v) is 4.29. The maximum absolute atomic E-state index is 11.1. The van der Waals surface area contributed by atoms with Crippen molar-refractivity contribution in [2.75, 3.05) is 11.9 Å². The lowest BCUT2D eigenvalue weighted by atomic mass is 9.68. The van der Waals surface area contributed by atoms with Gasteiger partial charge in [0.2, 0.25) is 5.89 Å². The van der Waals surface area contributed by atoms with Gasteiger partial charge in [-0.2, -0.15) is 0 Å². The monoisotopic (exact) mass is 446 g/mol. The van der Waals surface area contributed by atoms with Gasteiger partial charge in [-0.15, -0.1) is 5.10 Å². The number of carboxylic acids is 1. The third kappa shape index (κ3) is 4.26. The van der Waals surface area contributed by atoms with Gasteiger partial charge in [-0.3, -0.25) is 9.78 Å². The largest absolute Gasteiger partial charge is 0.481 e. The lowest BCUT2D eigenvalue weighted by Crippen LogP contribution is -2.48. The first-order valence-electron chi connectivity index (χ1n) is 11.0. The van der Waals surface area contributed by atoms with Gasteiger partial charge >= 0.3 is 12.0 Å². The molecule has 1 fully saturated rings. The van der Waals surface area contributed by atoms with Gasteiger partial charge in [0.15, 0.2) is 0 Å². The maximum Gasteiger partial charge on any atom is 0.320 e. The molecule has 2 aromatic heterocycles. The van der Waals surface area contributed by atoms with Crippen molar-refractivity contribution in [3.05, 3.63) is 59.6 Å². The Morgan fingerprint density at radius 1 is 1.09 bits per heavy atom. The van der Waals surface area contributed by atoms with Crippen LogP contribution in [0.3, 0.4) is 0 Å². The molecule has 2 aliphatic heterocycles. The summed E-state index contributed by atoms with van der Waals surface area (Å²) in [5.41, 5.74) is 5.53. The fraction of sp³-hybridized carbons (Fsp3) is 0.360. The van der Waals surface area contributed by atoms with Gasteiger partial charge in [0.05, 0.1) is 36.2 Å². The molecule has 2 N–H and O–H groups in total. The number of rotatable bonds is 6. The molecule has 0 radical (unpaired) electrons. The molecule has 3 aromatic rings. The van der Waals surface area contributed by atoms with Crippen LogP contribution in [0, 0.1) is 0 Å². The van der Waals surface area contributed by atoms with E-state index in [-0.39, 0.29) is 11.8 Å². The van der Waals surface area contributed by atoms with E-state index in [0.717, 1.165) is 22.5 Å². The molecule has 1 aliphatic carbocycles. The molecular weight excluding hydrogens is 420 g/mol. The molecule has 0 spiro atoms. The number of benzene rings is 1. The summed E-state index contributed by atoms with van der Waals surface area (Å²) in [5, 5.41) is 20.3. The Labute approximate surface area is 191 Å². The lowest BCUT2D eigenvalue weighted by molar-refractivity contribution is -0.149. The van der Waals surface area contributed by atoms with E-state index in [9.17, 15) is 4.79 Å². The molecule has 4 heterocycles. The summed E-state index contributed by atoms with van der Waals surface area (Å²) in [6.45, 7) is 6.52. The highest BCUT2D eigenvalue weighted by atomic mass is 16.5. The van der Waals surface area contributed by atoms with Crippen LogP contribution in [0.15, 0.2) is 52.6 Å². The van der Waals surface area contributed by atoms with E-state index in [1.54, 1.807) is 6.20 Å². The molecule has 6 rings (SSSR count). The summed E-state index contributed by atoms with van der Waals surface area (Å²) in [7, 11) is 0. The summed E-state index contributed by atoms with van der Waals surface area (Å²) >= 11 is 0. The van der Waals surface area contributed by atoms with Gasteiger partial charge in [-0.25, -0.2) is 0 Å². The van der Waals surface area contributed by atoms with Crippen molar-refractivity contribution in [3.8, 4) is 11.3 Å². The fourth-order valence-electron chi connectivity index (χ4n) is 4.29. The van der Waals surface area contributed by atoms with Crippen molar-refractivity contribution in [1.82, 2.24) is 15.2 Å². The standard InChI is InChI=1S/C25H26N4O4/c1-24(2,3)22-28-29-23(33-22)27-18-8-9-20(26-13-18)16-6-4-15(5-7-16)19-14-32-25(12-21(30)31)10-17(19)11-25/h4-9,13H,10-12,14H2,1-3H3,(H,27,29)(H,30,31). The molecule has 3 aliphatic rings. The molecule has 1 aromatic carbocycles. The van der Waals surface area contributed by atoms with Crippen molar-refractivity contribution in [2.45, 2.75) is 51.0 Å². The Bertz CT molecular complexity index is 1210. The van der Waals surface area contributed by atoms with Crippen molar-refractivity contribution in [3.63, 3.8) is 0 Å². The number of fused-ring (bicyclic) bond motifs is 2. The minimum Gasteiger partial charge on any atom is -0.481 e. The van der Waals surface area contributed by atoms with Crippen LogP contribution in [-0.2, 0) is 14.9 Å². The van der Waals surface area contributed by atoms with Crippen molar-refractivity contribution in [1.29, 1.82) is 0 Å². The second-order valence-corrected chi connectivity index (χ2v) is 9.77. The summed E-state index contributed by atoms with van der Waals surface area (Å²) in [4.78, 5) is 15.6.